The van der Waals surface area contributed by atoms with Gasteiger partial charge < -0.3 is 5.32 Å². The van der Waals surface area contributed by atoms with Gasteiger partial charge in [0.1, 0.15) is 6.33 Å². The maximum atomic E-state index is 12.2. The number of nitrogens with one attached hydrogen (secondary N) is 1. The van der Waals surface area contributed by atoms with Crippen LogP contribution in [0.2, 0.25) is 10.0 Å². The van der Waals surface area contributed by atoms with Crippen molar-refractivity contribution in [2.75, 3.05) is 11.1 Å². The van der Waals surface area contributed by atoms with Gasteiger partial charge in [-0.3, -0.25) is 9.36 Å². The van der Waals surface area contributed by atoms with Crippen LogP contribution in [0.15, 0.2) is 41.9 Å². The van der Waals surface area contributed by atoms with Crippen molar-refractivity contribution in [1.29, 1.82) is 0 Å². The Kier molecular flexibility index (Phi) is 5.80. The van der Waals surface area contributed by atoms with E-state index < -0.39 is 0 Å². The van der Waals surface area contributed by atoms with Crippen LogP contribution in [0, 0.1) is 13.8 Å². The van der Waals surface area contributed by atoms with Gasteiger partial charge in [-0.25, -0.2) is 4.98 Å². The molecule has 1 N–H and O–H groups in total. The lowest BCUT2D eigenvalue weighted by Gasteiger charge is -2.10. The summed E-state index contributed by atoms with van der Waals surface area (Å²) in [6.07, 6.45) is 3.09. The van der Waals surface area contributed by atoms with E-state index in [1.165, 1.54) is 18.0 Å². The Morgan fingerprint density at radius 3 is 2.81 bits per heavy atom. The van der Waals surface area contributed by atoms with E-state index in [0.717, 1.165) is 11.3 Å². The summed E-state index contributed by atoms with van der Waals surface area (Å²) in [6, 6.07) is 7.89. The van der Waals surface area contributed by atoms with E-state index in [9.17, 15) is 4.79 Å². The molecule has 0 aliphatic carbocycles. The highest BCUT2D eigenvalue weighted by Crippen LogP contribution is 2.29. The van der Waals surface area contributed by atoms with Crippen LogP contribution in [0.4, 0.5) is 5.82 Å². The van der Waals surface area contributed by atoms with Gasteiger partial charge in [0, 0.05) is 6.20 Å². The summed E-state index contributed by atoms with van der Waals surface area (Å²) >= 11 is 13.4. The van der Waals surface area contributed by atoms with Gasteiger partial charge in [0.2, 0.25) is 5.91 Å². The first kappa shape index (κ1) is 18.7. The van der Waals surface area contributed by atoms with Crippen LogP contribution in [-0.2, 0) is 4.79 Å². The number of nitrogens with zero attached hydrogens (tertiary/aromatic N) is 4. The third-order valence-corrected chi connectivity index (χ3v) is 5.47. The van der Waals surface area contributed by atoms with Crippen molar-refractivity contribution < 1.29 is 4.79 Å². The number of rotatable bonds is 5. The fourth-order valence-electron chi connectivity index (χ4n) is 2.26. The lowest BCUT2D eigenvalue weighted by atomic mass is 10.2. The van der Waals surface area contributed by atoms with Crippen LogP contribution in [0.1, 0.15) is 11.1 Å². The summed E-state index contributed by atoms with van der Waals surface area (Å²) in [4.78, 5) is 16.3. The number of pyridine rings is 1. The van der Waals surface area contributed by atoms with Crippen LogP contribution in [0.3, 0.4) is 0 Å². The first-order chi connectivity index (χ1) is 12.5. The largest absolute Gasteiger partial charge is 0.309 e. The van der Waals surface area contributed by atoms with Crippen LogP contribution in [0.5, 0.6) is 0 Å². The van der Waals surface area contributed by atoms with Crippen molar-refractivity contribution in [3.05, 3.63) is 58.0 Å². The lowest BCUT2D eigenvalue weighted by Crippen LogP contribution is -2.16. The smallest absolute Gasteiger partial charge is 0.236 e. The number of carbonyl (C=O) groups is 1. The normalized spacial score (nSPS) is 10.8. The molecule has 0 radical (unpaired) electrons. The topological polar surface area (TPSA) is 72.7 Å². The maximum Gasteiger partial charge on any atom is 0.236 e. The van der Waals surface area contributed by atoms with Gasteiger partial charge in [0.15, 0.2) is 11.0 Å². The molecule has 1 aromatic carbocycles. The van der Waals surface area contributed by atoms with Gasteiger partial charge in [0.05, 0.1) is 21.5 Å². The number of aryl methyl sites for hydroxylation is 1. The van der Waals surface area contributed by atoms with Crippen molar-refractivity contribution in [2.24, 2.45) is 0 Å². The molecule has 2 heterocycles. The van der Waals surface area contributed by atoms with Crippen LogP contribution in [-0.4, -0.2) is 31.4 Å². The van der Waals surface area contributed by atoms with Gasteiger partial charge >= 0.3 is 0 Å². The minimum absolute atomic E-state index is 0.143. The molecule has 2 aromatic heterocycles. The molecule has 3 rings (SSSR count). The molecule has 0 unspecified atom stereocenters. The third-order valence-electron chi connectivity index (χ3n) is 3.68. The summed E-state index contributed by atoms with van der Waals surface area (Å²) in [6.45, 7) is 3.77. The molecule has 9 heteroatoms. The Bertz CT molecular complexity index is 960. The number of thioether (sulfide) groups is 1. The highest BCUT2D eigenvalue weighted by molar-refractivity contribution is 7.99. The minimum atomic E-state index is -0.245. The van der Waals surface area contributed by atoms with Gasteiger partial charge in [-0.15, -0.1) is 10.2 Å². The number of hydrogen-bond donors (Lipinski definition) is 1. The van der Waals surface area contributed by atoms with Crippen molar-refractivity contribution >= 4 is 46.7 Å². The Morgan fingerprint density at radius 2 is 2.04 bits per heavy atom. The summed E-state index contributed by atoms with van der Waals surface area (Å²) in [5.74, 6) is 0.189. The Hall–Kier alpha value is -2.09. The molecule has 0 atom stereocenters. The highest BCUT2D eigenvalue weighted by atomic mass is 35.5. The van der Waals surface area contributed by atoms with E-state index in [-0.39, 0.29) is 11.7 Å². The highest BCUT2D eigenvalue weighted by Gasteiger charge is 2.14. The average Bonchev–Trinajstić information content (AvgIpc) is 3.09. The summed E-state index contributed by atoms with van der Waals surface area (Å²) in [5.41, 5.74) is 2.73. The molecule has 0 aliphatic rings. The zero-order valence-electron chi connectivity index (χ0n) is 14.0. The number of halogens is 2. The standard InChI is InChI=1S/C17H15Cl2N5OS/c1-10-5-3-4-6-13(10)24-9-21-23-17(24)26-8-14(25)22-16-15(19)11(2)12(18)7-20-16/h3-7,9H,8H2,1-2H3,(H,20,22,25). The number of amides is 1. The van der Waals surface area contributed by atoms with Crippen LogP contribution < -0.4 is 5.32 Å². The monoisotopic (exact) mass is 407 g/mol. The van der Waals surface area contributed by atoms with Crippen molar-refractivity contribution in [3.63, 3.8) is 0 Å². The molecule has 0 saturated heterocycles. The molecule has 0 saturated carbocycles. The van der Waals surface area contributed by atoms with Crippen molar-refractivity contribution in [3.8, 4) is 5.69 Å². The fourth-order valence-corrected chi connectivity index (χ4v) is 3.38. The zero-order chi connectivity index (χ0) is 18.7. The average molecular weight is 408 g/mol. The molecule has 134 valence electrons. The van der Waals surface area contributed by atoms with Gasteiger partial charge in [-0.1, -0.05) is 53.2 Å². The van der Waals surface area contributed by atoms with E-state index in [2.05, 4.69) is 20.5 Å². The summed E-state index contributed by atoms with van der Waals surface area (Å²) < 4.78 is 1.85. The molecular formula is C17H15Cl2N5OS. The van der Waals surface area contributed by atoms with E-state index in [1.807, 2.05) is 35.8 Å². The predicted octanol–water partition coefficient (Wildman–Crippen LogP) is 4.32. The van der Waals surface area contributed by atoms with E-state index in [0.29, 0.717) is 26.6 Å². The van der Waals surface area contributed by atoms with Crippen molar-refractivity contribution in [2.45, 2.75) is 19.0 Å². The minimum Gasteiger partial charge on any atom is -0.309 e. The van der Waals surface area contributed by atoms with Gasteiger partial charge in [-0.05, 0) is 31.0 Å². The molecule has 0 bridgehead atoms. The fraction of sp³-hybridized carbons (Fsp3) is 0.176. The lowest BCUT2D eigenvalue weighted by molar-refractivity contribution is -0.113. The van der Waals surface area contributed by atoms with Crippen LogP contribution in [0.25, 0.3) is 5.69 Å². The Balaban J connectivity index is 1.69. The third kappa shape index (κ3) is 4.00. The van der Waals surface area contributed by atoms with Gasteiger partial charge in [-0.2, -0.15) is 0 Å². The first-order valence-electron chi connectivity index (χ1n) is 7.66. The molecule has 0 aliphatic heterocycles. The molecule has 0 spiro atoms. The van der Waals surface area contributed by atoms with Crippen molar-refractivity contribution in [1.82, 2.24) is 19.7 Å². The van der Waals surface area contributed by atoms with E-state index in [1.54, 1.807) is 13.3 Å². The zero-order valence-corrected chi connectivity index (χ0v) is 16.4. The summed E-state index contributed by atoms with van der Waals surface area (Å²) in [7, 11) is 0. The second-order valence-corrected chi connectivity index (χ2v) is 7.23. The molecule has 26 heavy (non-hydrogen) atoms. The van der Waals surface area contributed by atoms with Gasteiger partial charge in [0.25, 0.3) is 0 Å². The maximum absolute atomic E-state index is 12.2. The number of para-hydroxylation sites is 1. The Labute approximate surface area is 164 Å². The number of carbonyl (C=O) groups excluding carboxylic acids is 1. The number of benzene rings is 1. The SMILES string of the molecule is Cc1ccccc1-n1cnnc1SCC(=O)Nc1ncc(Cl)c(C)c1Cl. The quantitative estimate of drug-likeness (QED) is 0.637. The molecule has 0 fully saturated rings. The number of aromatic nitrogens is 4. The number of hydrogen-bond acceptors (Lipinski definition) is 5. The second-order valence-electron chi connectivity index (χ2n) is 5.50. The van der Waals surface area contributed by atoms with Crippen LogP contribution >= 0.6 is 35.0 Å². The number of anilines is 1. The van der Waals surface area contributed by atoms with E-state index >= 15 is 0 Å². The first-order valence-corrected chi connectivity index (χ1v) is 9.41. The molecule has 1 amide bonds. The molecular weight excluding hydrogens is 393 g/mol. The van der Waals surface area contributed by atoms with E-state index in [4.69, 9.17) is 23.2 Å². The molecule has 3 aromatic rings. The second kappa shape index (κ2) is 8.07. The molecule has 6 nitrogen and oxygen atoms in total. The predicted molar refractivity (Wildman–Crippen MR) is 104 cm³/mol. The summed E-state index contributed by atoms with van der Waals surface area (Å²) in [5, 5.41) is 12.1. The Morgan fingerprint density at radius 1 is 1.27 bits per heavy atom.